The minimum atomic E-state index is 0.489. The molecule has 0 fully saturated rings. The van der Waals surface area contributed by atoms with Crippen molar-refractivity contribution in [2.24, 2.45) is 0 Å². The molecule has 0 amide bonds. The average Bonchev–Trinajstić information content (AvgIpc) is 1.81. The smallest absolute Gasteiger partial charge is 0.337 e. The Labute approximate surface area is 53.6 Å². The Kier molecular flexibility index (Phi) is 7.26. The van der Waals surface area contributed by atoms with Crippen molar-refractivity contribution in [1.82, 2.24) is 4.98 Å². The predicted molar refractivity (Wildman–Crippen MR) is 35.7 cm³/mol. The van der Waals surface area contributed by atoms with Gasteiger partial charge in [-0.3, -0.25) is 0 Å². The fourth-order valence-corrected chi connectivity index (χ4v) is 0.898. The molecule has 0 bridgehead atoms. The van der Waals surface area contributed by atoms with Crippen molar-refractivity contribution in [2.75, 3.05) is 13.2 Å². The summed E-state index contributed by atoms with van der Waals surface area (Å²) >= 11 is 0. The lowest BCUT2D eigenvalue weighted by atomic mass is 10.5. The minimum absolute atomic E-state index is 0.489. The maximum Gasteiger partial charge on any atom is 0.337 e. The normalized spacial score (nSPS) is 9.75. The lowest BCUT2D eigenvalue weighted by Crippen LogP contribution is -2.22. The Bertz CT molecular complexity index is 37.4. The fourth-order valence-electron chi connectivity index (χ4n) is 0.299. The highest BCUT2D eigenvalue weighted by molar-refractivity contribution is 6.23. The highest BCUT2D eigenvalue weighted by atomic mass is 28.2. The summed E-state index contributed by atoms with van der Waals surface area (Å²) in [6.45, 7) is 6.03. The Hall–Kier alpha value is 0.137. The molecule has 3 heteroatoms. The van der Waals surface area contributed by atoms with Crippen molar-refractivity contribution < 1.29 is 4.43 Å². The van der Waals surface area contributed by atoms with Gasteiger partial charge >= 0.3 is 9.92 Å². The van der Waals surface area contributed by atoms with Gasteiger partial charge in [-0.1, -0.05) is 6.92 Å². The molecule has 0 atom stereocenters. The van der Waals surface area contributed by atoms with Crippen LogP contribution in [0.25, 0.3) is 0 Å². The van der Waals surface area contributed by atoms with Crippen LogP contribution in [0, 0.1) is 0 Å². The van der Waals surface area contributed by atoms with Crippen LogP contribution in [0.3, 0.4) is 0 Å². The Morgan fingerprint density at radius 2 is 2.25 bits per heavy atom. The molecule has 0 aromatic heterocycles. The number of nitrogens with one attached hydrogen (secondary N) is 1. The molecule has 0 aliphatic carbocycles. The fraction of sp³-hybridized carbons (Fsp3) is 1.00. The van der Waals surface area contributed by atoms with Gasteiger partial charge in [-0.25, -0.2) is 0 Å². The second kappa shape index (κ2) is 7.14. The standard InChI is InChI=1S/C5H13NOSi/c1-3-5-6-8-7-4-2/h6H,3-5H2,1-2H3. The third-order valence-corrected chi connectivity index (χ3v) is 1.49. The largest absolute Gasteiger partial charge is 0.403 e. The zero-order valence-corrected chi connectivity index (χ0v) is 6.53. The second-order valence-electron chi connectivity index (χ2n) is 1.46. The summed E-state index contributed by atoms with van der Waals surface area (Å²) < 4.78 is 5.05. The lowest BCUT2D eigenvalue weighted by Gasteiger charge is -1.97. The van der Waals surface area contributed by atoms with Crippen LogP contribution in [0.1, 0.15) is 20.3 Å². The van der Waals surface area contributed by atoms with Gasteiger partial charge in [0.2, 0.25) is 0 Å². The van der Waals surface area contributed by atoms with Gasteiger partial charge in [0.1, 0.15) is 0 Å². The monoisotopic (exact) mass is 131 g/mol. The molecule has 0 saturated heterocycles. The lowest BCUT2D eigenvalue weighted by molar-refractivity contribution is 0.352. The molecule has 8 heavy (non-hydrogen) atoms. The zero-order valence-electron chi connectivity index (χ0n) is 5.53. The van der Waals surface area contributed by atoms with E-state index in [4.69, 9.17) is 4.43 Å². The van der Waals surface area contributed by atoms with E-state index in [0.29, 0.717) is 9.92 Å². The highest BCUT2D eigenvalue weighted by Crippen LogP contribution is 1.68. The first kappa shape index (κ1) is 8.14. The molecule has 0 aromatic carbocycles. The van der Waals surface area contributed by atoms with Crippen LogP contribution in [0.2, 0.25) is 0 Å². The van der Waals surface area contributed by atoms with Crippen molar-refractivity contribution in [2.45, 2.75) is 20.3 Å². The molecular formula is C5H13NOSi. The Morgan fingerprint density at radius 1 is 1.50 bits per heavy atom. The van der Waals surface area contributed by atoms with Crippen molar-refractivity contribution in [3.63, 3.8) is 0 Å². The van der Waals surface area contributed by atoms with Crippen molar-refractivity contribution in [3.8, 4) is 0 Å². The topological polar surface area (TPSA) is 21.3 Å². The molecule has 48 valence electrons. The van der Waals surface area contributed by atoms with Crippen LogP contribution in [0.15, 0.2) is 0 Å². The van der Waals surface area contributed by atoms with E-state index in [0.717, 1.165) is 13.2 Å². The van der Waals surface area contributed by atoms with Crippen LogP contribution in [0.5, 0.6) is 0 Å². The summed E-state index contributed by atoms with van der Waals surface area (Å²) in [5.74, 6) is 0. The molecule has 0 rings (SSSR count). The van der Waals surface area contributed by atoms with Crippen LogP contribution >= 0.6 is 0 Å². The minimum Gasteiger partial charge on any atom is -0.403 e. The third kappa shape index (κ3) is 6.14. The Balaban J connectivity index is 2.53. The van der Waals surface area contributed by atoms with Crippen LogP contribution in [-0.2, 0) is 4.43 Å². The van der Waals surface area contributed by atoms with E-state index in [1.165, 1.54) is 6.42 Å². The average molecular weight is 131 g/mol. The molecular weight excluding hydrogens is 118 g/mol. The molecule has 0 heterocycles. The number of hydrogen-bond donors (Lipinski definition) is 1. The molecule has 1 N–H and O–H groups in total. The van der Waals surface area contributed by atoms with Gasteiger partial charge in [0, 0.05) is 6.61 Å². The highest BCUT2D eigenvalue weighted by Gasteiger charge is 1.84. The van der Waals surface area contributed by atoms with Gasteiger partial charge in [-0.15, -0.1) is 0 Å². The van der Waals surface area contributed by atoms with E-state index in [1.54, 1.807) is 0 Å². The van der Waals surface area contributed by atoms with Crippen LogP contribution in [0.4, 0.5) is 0 Å². The van der Waals surface area contributed by atoms with Gasteiger partial charge in [0.25, 0.3) is 0 Å². The molecule has 0 spiro atoms. The van der Waals surface area contributed by atoms with E-state index in [-0.39, 0.29) is 0 Å². The first-order valence-electron chi connectivity index (χ1n) is 3.01. The molecule has 0 saturated carbocycles. The van der Waals surface area contributed by atoms with Crippen LogP contribution in [-0.4, -0.2) is 23.1 Å². The summed E-state index contributed by atoms with van der Waals surface area (Å²) in [6, 6.07) is 0. The number of rotatable bonds is 5. The van der Waals surface area contributed by atoms with Crippen molar-refractivity contribution in [3.05, 3.63) is 0 Å². The molecule has 2 nitrogen and oxygen atoms in total. The summed E-state index contributed by atoms with van der Waals surface area (Å²) in [5.41, 5.74) is 0. The maximum atomic E-state index is 5.05. The first-order chi connectivity index (χ1) is 3.91. The number of hydrogen-bond acceptors (Lipinski definition) is 2. The van der Waals surface area contributed by atoms with Gasteiger partial charge in [-0.05, 0) is 19.9 Å². The van der Waals surface area contributed by atoms with Crippen molar-refractivity contribution in [1.29, 1.82) is 0 Å². The summed E-state index contributed by atoms with van der Waals surface area (Å²) in [6.07, 6.45) is 1.18. The Morgan fingerprint density at radius 3 is 2.75 bits per heavy atom. The summed E-state index contributed by atoms with van der Waals surface area (Å²) in [5, 5.41) is 0. The van der Waals surface area contributed by atoms with E-state index < -0.39 is 0 Å². The second-order valence-corrected chi connectivity index (χ2v) is 2.31. The predicted octanol–water partition coefficient (Wildman–Crippen LogP) is 0.557. The molecule has 0 unspecified atom stereocenters. The van der Waals surface area contributed by atoms with Gasteiger partial charge in [0.15, 0.2) is 0 Å². The van der Waals surface area contributed by atoms with Crippen molar-refractivity contribution >= 4 is 9.92 Å². The molecule has 0 aliphatic rings. The molecule has 0 aliphatic heterocycles. The van der Waals surface area contributed by atoms with Gasteiger partial charge in [0.05, 0.1) is 0 Å². The summed E-state index contributed by atoms with van der Waals surface area (Å²) in [4.78, 5) is 3.14. The molecule has 0 aromatic rings. The maximum absolute atomic E-state index is 5.05. The third-order valence-electron chi connectivity index (χ3n) is 0.664. The van der Waals surface area contributed by atoms with E-state index in [9.17, 15) is 0 Å². The van der Waals surface area contributed by atoms with E-state index in [2.05, 4.69) is 11.9 Å². The quantitative estimate of drug-likeness (QED) is 0.435. The molecule has 2 radical (unpaired) electrons. The van der Waals surface area contributed by atoms with Crippen LogP contribution < -0.4 is 4.98 Å². The summed E-state index contributed by atoms with van der Waals surface area (Å²) in [7, 11) is 0.489. The van der Waals surface area contributed by atoms with E-state index in [1.807, 2.05) is 6.92 Å². The van der Waals surface area contributed by atoms with Gasteiger partial charge in [-0.2, -0.15) is 0 Å². The van der Waals surface area contributed by atoms with E-state index >= 15 is 0 Å². The first-order valence-corrected chi connectivity index (χ1v) is 3.92. The van der Waals surface area contributed by atoms with Gasteiger partial charge < -0.3 is 9.41 Å². The SMILES string of the molecule is CCCN[Si]OCC. The zero-order chi connectivity index (χ0) is 6.24.